The zero-order chi connectivity index (χ0) is 17.3. The van der Waals surface area contributed by atoms with Crippen LogP contribution in [0.4, 0.5) is 5.69 Å². The Balaban J connectivity index is 1.95. The van der Waals surface area contributed by atoms with Gasteiger partial charge >= 0.3 is 5.97 Å². The van der Waals surface area contributed by atoms with Gasteiger partial charge in [-0.05, 0) is 31.2 Å². The molecule has 0 saturated carbocycles. The van der Waals surface area contributed by atoms with Crippen LogP contribution in [0.5, 0.6) is 11.5 Å². The summed E-state index contributed by atoms with van der Waals surface area (Å²) in [6.07, 6.45) is -0.658. The minimum atomic E-state index is -0.658. The third kappa shape index (κ3) is 2.67. The molecule has 0 fully saturated rings. The first-order valence-corrected chi connectivity index (χ1v) is 7.38. The van der Waals surface area contributed by atoms with E-state index in [0.717, 1.165) is 0 Å². The summed E-state index contributed by atoms with van der Waals surface area (Å²) >= 11 is 0. The average molecular weight is 327 g/mol. The van der Waals surface area contributed by atoms with Crippen LogP contribution in [0.25, 0.3) is 0 Å². The predicted molar refractivity (Wildman–Crippen MR) is 87.8 cm³/mol. The summed E-state index contributed by atoms with van der Waals surface area (Å²) in [6.45, 7) is 1.50. The number of anilines is 1. The van der Waals surface area contributed by atoms with Gasteiger partial charge in [0, 0.05) is 16.8 Å². The van der Waals surface area contributed by atoms with Gasteiger partial charge in [-0.1, -0.05) is 12.1 Å². The second-order valence-electron chi connectivity index (χ2n) is 5.33. The van der Waals surface area contributed by atoms with E-state index in [-0.39, 0.29) is 5.78 Å². The van der Waals surface area contributed by atoms with Gasteiger partial charge < -0.3 is 19.5 Å². The Morgan fingerprint density at radius 2 is 1.96 bits per heavy atom. The molecule has 6 heteroatoms. The summed E-state index contributed by atoms with van der Waals surface area (Å²) < 4.78 is 15.9. The maximum Gasteiger partial charge on any atom is 0.344 e. The number of cyclic esters (lactones) is 1. The minimum absolute atomic E-state index is 0.0335. The van der Waals surface area contributed by atoms with E-state index in [0.29, 0.717) is 33.9 Å². The molecule has 124 valence electrons. The van der Waals surface area contributed by atoms with E-state index in [2.05, 4.69) is 5.32 Å². The van der Waals surface area contributed by atoms with Crippen LogP contribution in [0.2, 0.25) is 0 Å². The summed E-state index contributed by atoms with van der Waals surface area (Å²) in [5.74, 6) is 0.295. The molecule has 2 aromatic rings. The van der Waals surface area contributed by atoms with Crippen LogP contribution in [0.3, 0.4) is 0 Å². The highest BCUT2D eigenvalue weighted by molar-refractivity contribution is 5.98. The second kappa shape index (κ2) is 6.23. The van der Waals surface area contributed by atoms with Gasteiger partial charge in [0.2, 0.25) is 6.23 Å². The Bertz CT molecular complexity index is 815. The maximum atomic E-state index is 12.2. The number of Topliss-reactive ketones (excluding diaryl/α,β-unsaturated/α-hetero) is 1. The zero-order valence-corrected chi connectivity index (χ0v) is 13.6. The lowest BCUT2D eigenvalue weighted by Crippen LogP contribution is -2.10. The average Bonchev–Trinajstić information content (AvgIpc) is 2.90. The molecule has 0 aromatic heterocycles. The third-order valence-electron chi connectivity index (χ3n) is 3.86. The summed E-state index contributed by atoms with van der Waals surface area (Å²) in [5, 5.41) is 3.12. The van der Waals surface area contributed by atoms with Crippen molar-refractivity contribution in [1.82, 2.24) is 0 Å². The van der Waals surface area contributed by atoms with Crippen molar-refractivity contribution < 1.29 is 23.8 Å². The zero-order valence-electron chi connectivity index (χ0n) is 13.6. The van der Waals surface area contributed by atoms with Crippen molar-refractivity contribution in [3.05, 3.63) is 53.1 Å². The molecular formula is C18H17NO5. The highest BCUT2D eigenvalue weighted by Crippen LogP contribution is 2.42. The van der Waals surface area contributed by atoms with Gasteiger partial charge in [0.1, 0.15) is 5.56 Å². The van der Waals surface area contributed by atoms with E-state index in [4.69, 9.17) is 14.2 Å². The summed E-state index contributed by atoms with van der Waals surface area (Å²) in [5.41, 5.74) is 2.27. The lowest BCUT2D eigenvalue weighted by atomic mass is 10.1. The van der Waals surface area contributed by atoms with Crippen molar-refractivity contribution in [3.63, 3.8) is 0 Å². The van der Waals surface area contributed by atoms with Gasteiger partial charge in [-0.3, -0.25) is 4.79 Å². The highest BCUT2D eigenvalue weighted by atomic mass is 16.6. The monoisotopic (exact) mass is 327 g/mol. The van der Waals surface area contributed by atoms with Gasteiger partial charge in [0.05, 0.1) is 14.2 Å². The fourth-order valence-electron chi connectivity index (χ4n) is 2.69. The number of ketones is 1. The fraction of sp³-hybridized carbons (Fsp3) is 0.222. The molecule has 0 radical (unpaired) electrons. The Morgan fingerprint density at radius 1 is 1.17 bits per heavy atom. The Hall–Kier alpha value is -3.02. The molecule has 0 spiro atoms. The van der Waals surface area contributed by atoms with Crippen LogP contribution in [0.1, 0.15) is 39.4 Å². The molecule has 1 heterocycles. The van der Waals surface area contributed by atoms with Crippen molar-refractivity contribution in [3.8, 4) is 11.5 Å². The number of nitrogens with one attached hydrogen (secondary N) is 1. The number of rotatable bonds is 5. The van der Waals surface area contributed by atoms with E-state index >= 15 is 0 Å². The van der Waals surface area contributed by atoms with Gasteiger partial charge in [0.25, 0.3) is 0 Å². The van der Waals surface area contributed by atoms with Crippen LogP contribution < -0.4 is 14.8 Å². The second-order valence-corrected chi connectivity index (χ2v) is 5.33. The first-order valence-electron chi connectivity index (χ1n) is 7.38. The number of fused-ring (bicyclic) bond motifs is 1. The van der Waals surface area contributed by atoms with E-state index in [1.807, 2.05) is 0 Å². The molecule has 0 saturated heterocycles. The SMILES string of the molecule is COc1ccc2c(c1OC)C(=O)O[C@@H]2Nc1cccc(C(C)=O)c1. The van der Waals surface area contributed by atoms with E-state index in [9.17, 15) is 9.59 Å². The Kier molecular flexibility index (Phi) is 4.12. The molecule has 1 N–H and O–H groups in total. The number of methoxy groups -OCH3 is 2. The number of carbonyl (C=O) groups is 2. The van der Waals surface area contributed by atoms with Gasteiger partial charge in [-0.15, -0.1) is 0 Å². The van der Waals surface area contributed by atoms with Crippen molar-refractivity contribution in [2.45, 2.75) is 13.2 Å². The molecule has 0 amide bonds. The van der Waals surface area contributed by atoms with Crippen LogP contribution in [0, 0.1) is 0 Å². The highest BCUT2D eigenvalue weighted by Gasteiger charge is 2.35. The molecular weight excluding hydrogens is 310 g/mol. The molecule has 6 nitrogen and oxygen atoms in total. The minimum Gasteiger partial charge on any atom is -0.493 e. The molecule has 1 atom stereocenters. The number of ether oxygens (including phenoxy) is 3. The number of hydrogen-bond acceptors (Lipinski definition) is 6. The normalized spacial score (nSPS) is 15.5. The number of hydrogen-bond donors (Lipinski definition) is 1. The molecule has 24 heavy (non-hydrogen) atoms. The standard InChI is InChI=1S/C18H17NO5/c1-10(20)11-5-4-6-12(9-11)19-17-13-7-8-14(22-2)16(23-3)15(13)18(21)24-17/h4-9,17,19H,1-3H3/t17-/m0/s1. The maximum absolute atomic E-state index is 12.2. The first kappa shape index (κ1) is 15.9. The van der Waals surface area contributed by atoms with Crippen LogP contribution in [0.15, 0.2) is 36.4 Å². The van der Waals surface area contributed by atoms with E-state index < -0.39 is 12.2 Å². The number of benzene rings is 2. The van der Waals surface area contributed by atoms with E-state index in [1.54, 1.807) is 36.4 Å². The van der Waals surface area contributed by atoms with Crippen LogP contribution >= 0.6 is 0 Å². The smallest absolute Gasteiger partial charge is 0.344 e. The lowest BCUT2D eigenvalue weighted by Gasteiger charge is -2.15. The van der Waals surface area contributed by atoms with Crippen molar-refractivity contribution in [2.75, 3.05) is 19.5 Å². The van der Waals surface area contributed by atoms with Crippen LogP contribution in [-0.2, 0) is 4.74 Å². The fourth-order valence-corrected chi connectivity index (χ4v) is 2.69. The third-order valence-corrected chi connectivity index (χ3v) is 3.86. The van der Waals surface area contributed by atoms with Crippen molar-refractivity contribution in [2.24, 2.45) is 0 Å². The lowest BCUT2D eigenvalue weighted by molar-refractivity contribution is 0.0435. The van der Waals surface area contributed by atoms with Crippen molar-refractivity contribution in [1.29, 1.82) is 0 Å². The molecule has 1 aliphatic rings. The first-order chi connectivity index (χ1) is 11.5. The summed E-state index contributed by atoms with van der Waals surface area (Å²) in [6, 6.07) is 10.5. The van der Waals surface area contributed by atoms with Gasteiger partial charge in [0.15, 0.2) is 17.3 Å². The molecule has 0 aliphatic carbocycles. The molecule has 0 bridgehead atoms. The number of esters is 1. The molecule has 0 unspecified atom stereocenters. The predicted octanol–water partition coefficient (Wildman–Crippen LogP) is 3.19. The topological polar surface area (TPSA) is 73.9 Å². The van der Waals surface area contributed by atoms with E-state index in [1.165, 1.54) is 21.1 Å². The molecule has 2 aromatic carbocycles. The number of carbonyl (C=O) groups excluding carboxylic acids is 2. The van der Waals surface area contributed by atoms with Gasteiger partial charge in [-0.25, -0.2) is 4.79 Å². The Labute approximate surface area is 139 Å². The van der Waals surface area contributed by atoms with Crippen LogP contribution in [-0.4, -0.2) is 26.0 Å². The molecule has 1 aliphatic heterocycles. The quantitative estimate of drug-likeness (QED) is 0.671. The van der Waals surface area contributed by atoms with Gasteiger partial charge in [-0.2, -0.15) is 0 Å². The molecule has 3 rings (SSSR count). The summed E-state index contributed by atoms with van der Waals surface area (Å²) in [4.78, 5) is 23.7. The van der Waals surface area contributed by atoms with Crippen molar-refractivity contribution >= 4 is 17.4 Å². The summed E-state index contributed by atoms with van der Waals surface area (Å²) in [7, 11) is 2.98. The largest absolute Gasteiger partial charge is 0.493 e. The Morgan fingerprint density at radius 3 is 2.62 bits per heavy atom.